The standard InChI is InChI=1S/C38H28N4O6/c43-35(41-17-13-21-3-1-15-39-19-21)27-9-5-23-26-8-12-30(38(47)48)34-28(36(44)42-18-14-22-4-2-16-40-20-22)10-6-24(32(26)34)25-7-11-29(37(45)46)33(27)31(23)25/h1-12,15-16,19-20H,13-14,17-18H2,(H,41,43)(H,42,44)(H,45,46)(H,47,48). The van der Waals surface area contributed by atoms with Gasteiger partial charge in [-0.05, 0) is 92.7 Å². The number of nitrogens with one attached hydrogen (secondary N) is 2. The smallest absolute Gasteiger partial charge is 0.336 e. The van der Waals surface area contributed by atoms with Gasteiger partial charge in [0.25, 0.3) is 11.8 Å². The third-order valence-electron chi connectivity index (χ3n) is 8.70. The molecule has 0 spiro atoms. The molecule has 0 saturated carbocycles. The molecule has 0 aliphatic heterocycles. The molecule has 0 unspecified atom stereocenters. The van der Waals surface area contributed by atoms with Crippen LogP contribution in [-0.2, 0) is 12.8 Å². The summed E-state index contributed by atoms with van der Waals surface area (Å²) in [6.45, 7) is 0.645. The Labute approximate surface area is 273 Å². The Morgan fingerprint density at radius 3 is 1.21 bits per heavy atom. The monoisotopic (exact) mass is 636 g/mol. The number of carboxylic acid groups (broad SMARTS) is 2. The Morgan fingerprint density at radius 2 is 0.875 bits per heavy atom. The summed E-state index contributed by atoms with van der Waals surface area (Å²) in [7, 11) is 0. The number of rotatable bonds is 10. The summed E-state index contributed by atoms with van der Waals surface area (Å²) in [6, 6.07) is 20.5. The first-order valence-corrected chi connectivity index (χ1v) is 15.3. The van der Waals surface area contributed by atoms with Crippen LogP contribution in [0.2, 0.25) is 0 Å². The van der Waals surface area contributed by atoms with Gasteiger partial charge in [0.05, 0.1) is 11.1 Å². The van der Waals surface area contributed by atoms with Crippen LogP contribution in [-0.4, -0.2) is 57.0 Å². The summed E-state index contributed by atoms with van der Waals surface area (Å²) in [4.78, 5) is 60.4. The zero-order valence-electron chi connectivity index (χ0n) is 25.5. The number of carbonyl (C=O) groups is 4. The second kappa shape index (κ2) is 12.4. The first-order chi connectivity index (χ1) is 23.3. The zero-order valence-corrected chi connectivity index (χ0v) is 25.5. The van der Waals surface area contributed by atoms with Crippen LogP contribution in [0.5, 0.6) is 0 Å². The molecule has 7 rings (SSSR count). The topological polar surface area (TPSA) is 159 Å². The molecule has 2 heterocycles. The van der Waals surface area contributed by atoms with E-state index in [1.165, 1.54) is 12.1 Å². The van der Waals surface area contributed by atoms with Crippen molar-refractivity contribution in [3.05, 3.63) is 131 Å². The van der Waals surface area contributed by atoms with Crippen molar-refractivity contribution in [2.45, 2.75) is 12.8 Å². The average Bonchev–Trinajstić information content (AvgIpc) is 3.10. The lowest BCUT2D eigenvalue weighted by Crippen LogP contribution is -2.26. The predicted molar refractivity (Wildman–Crippen MR) is 182 cm³/mol. The maximum atomic E-state index is 13.6. The van der Waals surface area contributed by atoms with Crippen molar-refractivity contribution in [1.82, 2.24) is 20.6 Å². The molecule has 0 atom stereocenters. The van der Waals surface area contributed by atoms with E-state index in [-0.39, 0.29) is 33.0 Å². The van der Waals surface area contributed by atoms with E-state index in [0.717, 1.165) is 11.1 Å². The molecule has 10 heteroatoms. The highest BCUT2D eigenvalue weighted by atomic mass is 16.4. The normalized spacial score (nSPS) is 11.3. The number of amides is 2. The molecule has 2 amide bonds. The molecule has 0 aliphatic carbocycles. The van der Waals surface area contributed by atoms with Gasteiger partial charge in [-0.15, -0.1) is 0 Å². The fourth-order valence-corrected chi connectivity index (χ4v) is 6.55. The fourth-order valence-electron chi connectivity index (χ4n) is 6.55. The zero-order chi connectivity index (χ0) is 33.4. The lowest BCUT2D eigenvalue weighted by Gasteiger charge is -2.20. The molecule has 2 aromatic heterocycles. The van der Waals surface area contributed by atoms with Gasteiger partial charge >= 0.3 is 11.9 Å². The van der Waals surface area contributed by atoms with Crippen molar-refractivity contribution in [3.8, 4) is 0 Å². The molecular formula is C38H28N4O6. The van der Waals surface area contributed by atoms with Crippen LogP contribution in [0.1, 0.15) is 52.6 Å². The number of hydrogen-bond acceptors (Lipinski definition) is 6. The number of aromatic carboxylic acids is 2. The maximum Gasteiger partial charge on any atom is 0.336 e. The van der Waals surface area contributed by atoms with Crippen molar-refractivity contribution in [1.29, 1.82) is 0 Å². The molecular weight excluding hydrogens is 608 g/mol. The number of aromatic nitrogens is 2. The van der Waals surface area contributed by atoms with E-state index >= 15 is 0 Å². The molecule has 48 heavy (non-hydrogen) atoms. The van der Waals surface area contributed by atoms with Crippen LogP contribution >= 0.6 is 0 Å². The van der Waals surface area contributed by atoms with Crippen LogP contribution in [0.15, 0.2) is 97.6 Å². The van der Waals surface area contributed by atoms with Gasteiger partial charge in [-0.1, -0.05) is 36.4 Å². The van der Waals surface area contributed by atoms with E-state index in [9.17, 15) is 29.4 Å². The second-order valence-electron chi connectivity index (χ2n) is 11.5. The lowest BCUT2D eigenvalue weighted by molar-refractivity contribution is 0.0688. The molecule has 0 saturated heterocycles. The Morgan fingerprint density at radius 1 is 0.500 bits per heavy atom. The second-order valence-corrected chi connectivity index (χ2v) is 11.5. The number of fused-ring (bicyclic) bond motifs is 2. The maximum absolute atomic E-state index is 13.6. The minimum Gasteiger partial charge on any atom is -0.478 e. The van der Waals surface area contributed by atoms with Crippen LogP contribution in [0.3, 0.4) is 0 Å². The van der Waals surface area contributed by atoms with Crippen LogP contribution < -0.4 is 10.6 Å². The van der Waals surface area contributed by atoms with E-state index in [0.29, 0.717) is 58.2 Å². The first kappa shape index (κ1) is 30.2. The Hall–Kier alpha value is -6.42. The lowest BCUT2D eigenvalue weighted by atomic mass is 9.84. The van der Waals surface area contributed by atoms with Gasteiger partial charge in [0.1, 0.15) is 0 Å². The number of carboxylic acids is 2. The molecule has 236 valence electrons. The summed E-state index contributed by atoms with van der Waals surface area (Å²) in [5, 5.41) is 30.5. The van der Waals surface area contributed by atoms with Crippen molar-refractivity contribution < 1.29 is 29.4 Å². The SMILES string of the molecule is O=C(O)c1ccc2c3ccc(C(=O)NCCc4cccnc4)c4c(C(=O)O)ccc(c5ccc(C(=O)NCCc6cccnc6)c1c25)c43. The quantitative estimate of drug-likeness (QED) is 0.107. The van der Waals surface area contributed by atoms with Crippen molar-refractivity contribution in [2.24, 2.45) is 0 Å². The van der Waals surface area contributed by atoms with Gasteiger partial charge in [0.15, 0.2) is 0 Å². The summed E-state index contributed by atoms with van der Waals surface area (Å²) in [5.74, 6) is -3.20. The number of nitrogens with zero attached hydrogens (tertiary/aromatic N) is 2. The fraction of sp³-hybridized carbons (Fsp3) is 0.105. The van der Waals surface area contributed by atoms with Gasteiger partial charge < -0.3 is 20.8 Å². The van der Waals surface area contributed by atoms with Crippen molar-refractivity contribution in [2.75, 3.05) is 13.1 Å². The minimum atomic E-state index is -1.18. The number of benzene rings is 5. The number of carbonyl (C=O) groups excluding carboxylic acids is 2. The molecule has 10 nitrogen and oxygen atoms in total. The molecule has 0 fully saturated rings. The summed E-state index contributed by atoms with van der Waals surface area (Å²) >= 11 is 0. The molecule has 0 radical (unpaired) electrons. The summed E-state index contributed by atoms with van der Waals surface area (Å²) in [6.07, 6.45) is 7.89. The third kappa shape index (κ3) is 5.28. The molecule has 0 aliphatic rings. The predicted octanol–water partition coefficient (Wildman–Crippen LogP) is 5.87. The third-order valence-corrected chi connectivity index (χ3v) is 8.70. The van der Waals surface area contributed by atoms with E-state index in [1.807, 2.05) is 24.3 Å². The Bertz CT molecular complexity index is 2200. The van der Waals surface area contributed by atoms with Crippen LogP contribution in [0, 0.1) is 0 Å². The highest BCUT2D eigenvalue weighted by Gasteiger charge is 2.25. The van der Waals surface area contributed by atoms with Crippen molar-refractivity contribution >= 4 is 66.8 Å². The van der Waals surface area contributed by atoms with Gasteiger partial charge in [-0.3, -0.25) is 19.6 Å². The highest BCUT2D eigenvalue weighted by Crippen LogP contribution is 2.44. The first-order valence-electron chi connectivity index (χ1n) is 15.3. The van der Waals surface area contributed by atoms with E-state index in [1.54, 1.807) is 61.2 Å². The highest BCUT2D eigenvalue weighted by molar-refractivity contribution is 6.38. The van der Waals surface area contributed by atoms with Crippen LogP contribution in [0.25, 0.3) is 43.1 Å². The average molecular weight is 637 g/mol. The van der Waals surface area contributed by atoms with E-state index < -0.39 is 23.8 Å². The van der Waals surface area contributed by atoms with Gasteiger partial charge in [0.2, 0.25) is 0 Å². The Kier molecular flexibility index (Phi) is 7.82. The van der Waals surface area contributed by atoms with Crippen LogP contribution in [0.4, 0.5) is 0 Å². The van der Waals surface area contributed by atoms with Gasteiger partial charge in [-0.2, -0.15) is 0 Å². The minimum absolute atomic E-state index is 0.0283. The molecule has 7 aromatic rings. The Balaban J connectivity index is 1.37. The van der Waals surface area contributed by atoms with Gasteiger partial charge in [0, 0.05) is 59.8 Å². The molecule has 0 bridgehead atoms. The largest absolute Gasteiger partial charge is 0.478 e. The summed E-state index contributed by atoms with van der Waals surface area (Å²) in [5.41, 5.74) is 2.27. The molecule has 5 aromatic carbocycles. The van der Waals surface area contributed by atoms with Crippen molar-refractivity contribution in [3.63, 3.8) is 0 Å². The van der Waals surface area contributed by atoms with Gasteiger partial charge in [-0.25, -0.2) is 9.59 Å². The van der Waals surface area contributed by atoms with E-state index in [4.69, 9.17) is 0 Å². The number of hydrogen-bond donors (Lipinski definition) is 4. The van der Waals surface area contributed by atoms with E-state index in [2.05, 4.69) is 20.6 Å². The molecule has 4 N–H and O–H groups in total. The summed E-state index contributed by atoms with van der Waals surface area (Å²) < 4.78 is 0. The number of pyridine rings is 2.